The van der Waals surface area contributed by atoms with Gasteiger partial charge in [0.05, 0.1) is 7.11 Å². The fourth-order valence-corrected chi connectivity index (χ4v) is 3.45. The minimum absolute atomic E-state index is 0.599. The summed E-state index contributed by atoms with van der Waals surface area (Å²) in [7, 11) is 3.84. The second kappa shape index (κ2) is 15.0. The van der Waals surface area contributed by atoms with E-state index >= 15 is 0 Å². The second-order valence-corrected chi connectivity index (χ2v) is 7.08. The highest BCUT2D eigenvalue weighted by molar-refractivity contribution is 5.65. The van der Waals surface area contributed by atoms with Crippen molar-refractivity contribution in [2.45, 2.75) is 61.4 Å². The molecule has 0 spiro atoms. The van der Waals surface area contributed by atoms with Gasteiger partial charge >= 0.3 is 0 Å². The molecule has 0 unspecified atom stereocenters. The van der Waals surface area contributed by atoms with Crippen molar-refractivity contribution < 1.29 is 4.74 Å². The van der Waals surface area contributed by atoms with E-state index in [2.05, 4.69) is 51.5 Å². The quantitative estimate of drug-likeness (QED) is 0.453. The maximum absolute atomic E-state index is 5.41. The van der Waals surface area contributed by atoms with Gasteiger partial charge in [0.15, 0.2) is 0 Å². The number of nitrogens with zero attached hydrogens (tertiary/aromatic N) is 3. The van der Waals surface area contributed by atoms with Gasteiger partial charge < -0.3 is 15.0 Å². The summed E-state index contributed by atoms with van der Waals surface area (Å²) >= 11 is 0. The van der Waals surface area contributed by atoms with Gasteiger partial charge in [-0.3, -0.25) is 0 Å². The fourth-order valence-electron chi connectivity index (χ4n) is 3.45. The van der Waals surface area contributed by atoms with Crippen molar-refractivity contribution in [3.8, 4) is 16.9 Å². The summed E-state index contributed by atoms with van der Waals surface area (Å²) in [5, 5.41) is 3.31. The molecule has 1 aliphatic heterocycles. The molecule has 0 saturated heterocycles. The highest BCUT2D eigenvalue weighted by atomic mass is 16.5. The van der Waals surface area contributed by atoms with Gasteiger partial charge in [0.2, 0.25) is 5.95 Å². The average Bonchev–Trinajstić information content (AvgIpc) is 2.88. The van der Waals surface area contributed by atoms with E-state index in [1.54, 1.807) is 7.11 Å². The maximum Gasteiger partial charge on any atom is 0.227 e. The normalized spacial score (nSPS) is 11.9. The van der Waals surface area contributed by atoms with Crippen molar-refractivity contribution in [2.75, 3.05) is 26.0 Å². The highest BCUT2D eigenvalue weighted by Gasteiger charge is 2.13. The third-order valence-corrected chi connectivity index (χ3v) is 5.06. The minimum atomic E-state index is 0.599. The molecule has 2 aromatic carbocycles. The van der Waals surface area contributed by atoms with E-state index < -0.39 is 0 Å². The van der Waals surface area contributed by atoms with Crippen LogP contribution in [0.1, 0.15) is 58.2 Å². The molecule has 1 N–H and O–H groups in total. The monoisotopic (exact) mass is 450 g/mol. The summed E-state index contributed by atoms with van der Waals surface area (Å²) in [6.45, 7) is 16.1. The molecule has 4 rings (SSSR count). The van der Waals surface area contributed by atoms with Gasteiger partial charge in [-0.2, -0.15) is 0 Å². The van der Waals surface area contributed by atoms with Crippen LogP contribution in [0.15, 0.2) is 48.8 Å². The SMILES string of the molecule is CC.CC.CC.COc1cc(-c2cnc(Nc3ccc4c(c3)CN(C)CC4)nc2)ccc1C. The Morgan fingerprint density at radius 1 is 0.848 bits per heavy atom. The molecule has 5 heteroatoms. The number of aromatic nitrogens is 2. The lowest BCUT2D eigenvalue weighted by atomic mass is 9.99. The van der Waals surface area contributed by atoms with Crippen molar-refractivity contribution in [2.24, 2.45) is 0 Å². The van der Waals surface area contributed by atoms with Gasteiger partial charge in [0.1, 0.15) is 5.75 Å². The van der Waals surface area contributed by atoms with Crippen LogP contribution in [0.25, 0.3) is 11.1 Å². The molecular weight excluding hydrogens is 408 g/mol. The Morgan fingerprint density at radius 3 is 2.15 bits per heavy atom. The van der Waals surface area contributed by atoms with Crippen LogP contribution >= 0.6 is 0 Å². The van der Waals surface area contributed by atoms with Gasteiger partial charge in [0, 0.05) is 36.7 Å². The highest BCUT2D eigenvalue weighted by Crippen LogP contribution is 2.27. The number of methoxy groups -OCH3 is 1. The Balaban J connectivity index is 0.000000841. The molecule has 0 aliphatic carbocycles. The van der Waals surface area contributed by atoms with Gasteiger partial charge in [-0.15, -0.1) is 0 Å². The van der Waals surface area contributed by atoms with Gasteiger partial charge in [-0.25, -0.2) is 9.97 Å². The molecule has 0 atom stereocenters. The van der Waals surface area contributed by atoms with E-state index in [1.807, 2.05) is 73.0 Å². The Kier molecular flexibility index (Phi) is 12.8. The zero-order chi connectivity index (χ0) is 24.8. The third kappa shape index (κ3) is 7.86. The summed E-state index contributed by atoms with van der Waals surface area (Å²) in [5.41, 5.74) is 6.94. The van der Waals surface area contributed by atoms with E-state index in [1.165, 1.54) is 11.1 Å². The maximum atomic E-state index is 5.41. The second-order valence-electron chi connectivity index (χ2n) is 7.08. The van der Waals surface area contributed by atoms with Crippen molar-refractivity contribution in [3.05, 3.63) is 65.5 Å². The average molecular weight is 451 g/mol. The number of benzene rings is 2. The molecule has 2 heterocycles. The number of likely N-dealkylation sites (N-methyl/N-ethyl adjacent to an activating group) is 1. The first kappa shape index (κ1) is 28.1. The molecule has 5 nitrogen and oxygen atoms in total. The van der Waals surface area contributed by atoms with E-state index in [9.17, 15) is 0 Å². The zero-order valence-electron chi connectivity index (χ0n) is 22.0. The minimum Gasteiger partial charge on any atom is -0.496 e. The molecule has 1 aromatic heterocycles. The number of hydrogen-bond acceptors (Lipinski definition) is 5. The van der Waals surface area contributed by atoms with Crippen LogP contribution < -0.4 is 10.1 Å². The van der Waals surface area contributed by atoms with E-state index in [0.29, 0.717) is 5.95 Å². The summed E-state index contributed by atoms with van der Waals surface area (Å²) in [4.78, 5) is 11.3. The predicted octanol–water partition coefficient (Wildman–Crippen LogP) is 7.27. The van der Waals surface area contributed by atoms with Gasteiger partial charge in [0.25, 0.3) is 0 Å². The van der Waals surface area contributed by atoms with Crippen LogP contribution in [0.4, 0.5) is 11.6 Å². The Labute approximate surface area is 201 Å². The topological polar surface area (TPSA) is 50.3 Å². The molecule has 180 valence electrons. The molecule has 3 aromatic rings. The number of anilines is 2. The lowest BCUT2D eigenvalue weighted by Crippen LogP contribution is -2.26. The van der Waals surface area contributed by atoms with Gasteiger partial charge in [-0.1, -0.05) is 59.7 Å². The zero-order valence-corrected chi connectivity index (χ0v) is 22.0. The van der Waals surface area contributed by atoms with Gasteiger partial charge in [-0.05, 0) is 60.8 Å². The molecule has 0 radical (unpaired) electrons. The first-order chi connectivity index (χ1) is 16.1. The van der Waals surface area contributed by atoms with Crippen LogP contribution in [0, 0.1) is 6.92 Å². The Morgan fingerprint density at radius 2 is 1.52 bits per heavy atom. The first-order valence-electron chi connectivity index (χ1n) is 12.2. The smallest absolute Gasteiger partial charge is 0.227 e. The summed E-state index contributed by atoms with van der Waals surface area (Å²) in [6.07, 6.45) is 4.79. The van der Waals surface area contributed by atoms with Crippen LogP contribution in [-0.4, -0.2) is 35.6 Å². The Bertz CT molecular complexity index is 955. The number of aryl methyl sites for hydroxylation is 1. The standard InChI is InChI=1S/C22H24N4O.3C2H6/c1-15-4-5-17(11-21(15)27-3)19-12-23-22(24-13-19)25-20-7-6-16-8-9-26(2)14-18(16)10-20;3*1-2/h4-7,10-13H,8-9,14H2,1-3H3,(H,23,24,25);3*1-2H3. The van der Waals surface area contributed by atoms with Crippen LogP contribution in [0.5, 0.6) is 5.75 Å². The number of fused-ring (bicyclic) bond motifs is 1. The van der Waals surface area contributed by atoms with Crippen molar-refractivity contribution in [1.29, 1.82) is 0 Å². The predicted molar refractivity (Wildman–Crippen MR) is 143 cm³/mol. The third-order valence-electron chi connectivity index (χ3n) is 5.06. The molecule has 0 saturated carbocycles. The number of hydrogen-bond donors (Lipinski definition) is 1. The molecule has 33 heavy (non-hydrogen) atoms. The summed E-state index contributed by atoms with van der Waals surface area (Å²) < 4.78 is 5.41. The van der Waals surface area contributed by atoms with Crippen LogP contribution in [-0.2, 0) is 13.0 Å². The van der Waals surface area contributed by atoms with Crippen LogP contribution in [0.2, 0.25) is 0 Å². The van der Waals surface area contributed by atoms with Crippen molar-refractivity contribution in [3.63, 3.8) is 0 Å². The van der Waals surface area contributed by atoms with E-state index in [-0.39, 0.29) is 0 Å². The van der Waals surface area contributed by atoms with E-state index in [4.69, 9.17) is 4.74 Å². The largest absolute Gasteiger partial charge is 0.496 e. The molecule has 0 amide bonds. The lowest BCUT2D eigenvalue weighted by molar-refractivity contribution is 0.313. The summed E-state index contributed by atoms with van der Waals surface area (Å²) in [6, 6.07) is 12.6. The van der Waals surface area contributed by atoms with E-state index in [0.717, 1.165) is 47.6 Å². The fraction of sp³-hybridized carbons (Fsp3) is 0.429. The van der Waals surface area contributed by atoms with Crippen molar-refractivity contribution >= 4 is 11.6 Å². The summed E-state index contributed by atoms with van der Waals surface area (Å²) in [5.74, 6) is 1.47. The van der Waals surface area contributed by atoms with Crippen LogP contribution in [0.3, 0.4) is 0 Å². The number of nitrogens with one attached hydrogen (secondary N) is 1. The van der Waals surface area contributed by atoms with Crippen molar-refractivity contribution in [1.82, 2.24) is 14.9 Å². The lowest BCUT2D eigenvalue weighted by Gasteiger charge is -2.25. The molecular formula is C28H42N4O. The first-order valence-corrected chi connectivity index (χ1v) is 12.2. The molecule has 0 fully saturated rings. The molecule has 1 aliphatic rings. The number of rotatable bonds is 4. The number of ether oxygens (including phenoxy) is 1. The molecule has 0 bridgehead atoms. The Hall–Kier alpha value is -2.92.